The summed E-state index contributed by atoms with van der Waals surface area (Å²) in [6, 6.07) is 12.2. The van der Waals surface area contributed by atoms with Gasteiger partial charge >= 0.3 is 12.1 Å². The third-order valence-electron chi connectivity index (χ3n) is 4.73. The number of benzene rings is 2. The smallest absolute Gasteiger partial charge is 0.412 e. The Morgan fingerprint density at radius 2 is 1.83 bits per heavy atom. The highest BCUT2D eigenvalue weighted by molar-refractivity contribution is 7.14. The fraction of sp³-hybridized carbons (Fsp3) is 0.308. The van der Waals surface area contributed by atoms with E-state index >= 15 is 0 Å². The summed E-state index contributed by atoms with van der Waals surface area (Å²) in [5.74, 6) is -0.727. The van der Waals surface area contributed by atoms with Gasteiger partial charge in [-0.05, 0) is 64.4 Å². The van der Waals surface area contributed by atoms with Crippen LogP contribution >= 0.6 is 11.3 Å². The highest BCUT2D eigenvalue weighted by atomic mass is 32.1. The first-order valence-electron chi connectivity index (χ1n) is 11.0. The van der Waals surface area contributed by atoms with Crippen molar-refractivity contribution < 1.29 is 23.9 Å². The maximum absolute atomic E-state index is 12.6. The van der Waals surface area contributed by atoms with Gasteiger partial charge in [0.1, 0.15) is 12.2 Å². The van der Waals surface area contributed by atoms with Crippen molar-refractivity contribution in [2.75, 3.05) is 10.2 Å². The van der Waals surface area contributed by atoms with Crippen molar-refractivity contribution >= 4 is 45.8 Å². The maximum Gasteiger partial charge on any atom is 0.412 e. The number of nitrogens with one attached hydrogen (secondary N) is 1. The summed E-state index contributed by atoms with van der Waals surface area (Å²) < 4.78 is 10.6. The molecule has 1 heterocycles. The molecule has 0 bridgehead atoms. The standard InChI is InChI=1S/C26H29N3O5S/c1-16-10-11-22(17(2)12-16)29(18(3)30)24-27-21(15-35-24)14-33-23(31)19-8-7-9-20(13-19)28-25(32)34-26(4,5)6/h7-13,15H,14H2,1-6H3,(H,28,32). The lowest BCUT2D eigenvalue weighted by Crippen LogP contribution is -2.27. The molecule has 1 aromatic heterocycles. The van der Waals surface area contributed by atoms with Gasteiger partial charge in [-0.3, -0.25) is 15.0 Å². The van der Waals surface area contributed by atoms with Crippen LogP contribution in [-0.4, -0.2) is 28.6 Å². The Kier molecular flexibility index (Phi) is 7.91. The predicted molar refractivity (Wildman–Crippen MR) is 136 cm³/mol. The summed E-state index contributed by atoms with van der Waals surface area (Å²) in [6.07, 6.45) is -0.614. The lowest BCUT2D eigenvalue weighted by atomic mass is 10.1. The van der Waals surface area contributed by atoms with Crippen LogP contribution in [-0.2, 0) is 20.9 Å². The molecule has 0 aliphatic heterocycles. The number of carbonyl (C=O) groups is 3. The molecular formula is C26H29N3O5S. The molecule has 0 aliphatic rings. The third kappa shape index (κ3) is 7.13. The molecule has 0 atom stereocenters. The van der Waals surface area contributed by atoms with Gasteiger partial charge in [0.2, 0.25) is 5.91 Å². The van der Waals surface area contributed by atoms with Gasteiger partial charge in [0.05, 0.1) is 16.9 Å². The van der Waals surface area contributed by atoms with E-state index in [2.05, 4.69) is 10.3 Å². The minimum atomic E-state index is -0.636. The number of ether oxygens (including phenoxy) is 2. The summed E-state index contributed by atoms with van der Waals surface area (Å²) >= 11 is 1.30. The average molecular weight is 496 g/mol. The second kappa shape index (κ2) is 10.7. The van der Waals surface area contributed by atoms with Crippen LogP contribution in [0.15, 0.2) is 47.8 Å². The number of nitrogens with zero attached hydrogens (tertiary/aromatic N) is 2. The molecule has 2 amide bonds. The van der Waals surface area contributed by atoms with Gasteiger partial charge in [0, 0.05) is 18.0 Å². The molecule has 9 heteroatoms. The highest BCUT2D eigenvalue weighted by Gasteiger charge is 2.21. The van der Waals surface area contributed by atoms with E-state index < -0.39 is 17.7 Å². The molecule has 2 aromatic carbocycles. The number of hydrogen-bond acceptors (Lipinski definition) is 7. The van der Waals surface area contributed by atoms with Crippen molar-refractivity contribution in [3.8, 4) is 0 Å². The lowest BCUT2D eigenvalue weighted by Gasteiger charge is -2.20. The quantitative estimate of drug-likeness (QED) is 0.412. The van der Waals surface area contributed by atoms with E-state index in [1.165, 1.54) is 24.3 Å². The number of esters is 1. The molecule has 0 unspecified atom stereocenters. The number of hydrogen-bond donors (Lipinski definition) is 1. The Hall–Kier alpha value is -3.72. The molecule has 1 N–H and O–H groups in total. The van der Waals surface area contributed by atoms with Crippen LogP contribution in [0, 0.1) is 13.8 Å². The Morgan fingerprint density at radius 3 is 2.49 bits per heavy atom. The first-order valence-corrected chi connectivity index (χ1v) is 11.9. The van der Waals surface area contributed by atoms with Gasteiger partial charge in [-0.1, -0.05) is 23.8 Å². The van der Waals surface area contributed by atoms with E-state index in [0.717, 1.165) is 16.8 Å². The number of rotatable bonds is 6. The molecule has 3 aromatic rings. The van der Waals surface area contributed by atoms with Crippen molar-refractivity contribution in [2.45, 2.75) is 53.8 Å². The van der Waals surface area contributed by atoms with Gasteiger partial charge in [0.15, 0.2) is 5.13 Å². The number of carbonyl (C=O) groups excluding carboxylic acids is 3. The minimum Gasteiger partial charge on any atom is -0.456 e. The number of thiazole rings is 1. The Balaban J connectivity index is 1.67. The van der Waals surface area contributed by atoms with Gasteiger partial charge in [-0.25, -0.2) is 14.6 Å². The van der Waals surface area contributed by atoms with E-state index in [9.17, 15) is 14.4 Å². The topological polar surface area (TPSA) is 97.8 Å². The fourth-order valence-corrected chi connectivity index (χ4v) is 4.16. The molecule has 184 valence electrons. The predicted octanol–water partition coefficient (Wildman–Crippen LogP) is 6.15. The number of anilines is 3. The second-order valence-electron chi connectivity index (χ2n) is 9.05. The van der Waals surface area contributed by atoms with Gasteiger partial charge in [-0.2, -0.15) is 0 Å². The van der Waals surface area contributed by atoms with Crippen LogP contribution in [0.25, 0.3) is 0 Å². The molecule has 3 rings (SSSR count). The number of amides is 2. The summed E-state index contributed by atoms with van der Waals surface area (Å²) in [4.78, 5) is 43.0. The van der Waals surface area contributed by atoms with E-state index in [4.69, 9.17) is 9.47 Å². The molecule has 8 nitrogen and oxygen atoms in total. The van der Waals surface area contributed by atoms with Crippen molar-refractivity contribution in [2.24, 2.45) is 0 Å². The highest BCUT2D eigenvalue weighted by Crippen LogP contribution is 2.32. The number of aromatic nitrogens is 1. The van der Waals surface area contributed by atoms with E-state index in [-0.39, 0.29) is 18.1 Å². The van der Waals surface area contributed by atoms with Crippen LogP contribution in [0.2, 0.25) is 0 Å². The van der Waals surface area contributed by atoms with Crippen molar-refractivity contribution in [3.05, 3.63) is 70.2 Å². The molecule has 0 spiro atoms. The molecule has 0 fully saturated rings. The van der Waals surface area contributed by atoms with Crippen molar-refractivity contribution in [3.63, 3.8) is 0 Å². The van der Waals surface area contributed by atoms with Gasteiger partial charge < -0.3 is 9.47 Å². The normalized spacial score (nSPS) is 11.0. The zero-order chi connectivity index (χ0) is 25.8. The lowest BCUT2D eigenvalue weighted by molar-refractivity contribution is -0.115. The Morgan fingerprint density at radius 1 is 1.09 bits per heavy atom. The summed E-state index contributed by atoms with van der Waals surface area (Å²) in [5.41, 5.74) is 3.40. The Bertz CT molecular complexity index is 1250. The zero-order valence-corrected chi connectivity index (χ0v) is 21.5. The monoisotopic (exact) mass is 495 g/mol. The van der Waals surface area contributed by atoms with Crippen LogP contribution in [0.5, 0.6) is 0 Å². The second-order valence-corrected chi connectivity index (χ2v) is 9.89. The molecule has 0 saturated carbocycles. The molecule has 0 saturated heterocycles. The minimum absolute atomic E-state index is 0.0579. The van der Waals surface area contributed by atoms with Crippen LogP contribution in [0.3, 0.4) is 0 Å². The fourth-order valence-electron chi connectivity index (χ4n) is 3.30. The molecule has 0 aliphatic carbocycles. The summed E-state index contributed by atoms with van der Waals surface area (Å²) in [5, 5.41) is 4.85. The first-order chi connectivity index (χ1) is 16.4. The van der Waals surface area contributed by atoms with E-state index in [1.54, 1.807) is 49.3 Å². The molecular weight excluding hydrogens is 466 g/mol. The van der Waals surface area contributed by atoms with E-state index in [0.29, 0.717) is 16.5 Å². The van der Waals surface area contributed by atoms with Crippen LogP contribution < -0.4 is 10.2 Å². The average Bonchev–Trinajstić information content (AvgIpc) is 3.20. The zero-order valence-electron chi connectivity index (χ0n) is 20.7. The van der Waals surface area contributed by atoms with Gasteiger partial charge in [-0.15, -0.1) is 11.3 Å². The molecule has 35 heavy (non-hydrogen) atoms. The van der Waals surface area contributed by atoms with Crippen LogP contribution in [0.4, 0.5) is 21.3 Å². The van der Waals surface area contributed by atoms with Crippen LogP contribution in [0.1, 0.15) is 54.9 Å². The third-order valence-corrected chi connectivity index (χ3v) is 5.61. The largest absolute Gasteiger partial charge is 0.456 e. The first kappa shape index (κ1) is 25.9. The molecule has 0 radical (unpaired) electrons. The maximum atomic E-state index is 12.6. The van der Waals surface area contributed by atoms with Crippen molar-refractivity contribution in [1.82, 2.24) is 4.98 Å². The SMILES string of the molecule is CC(=O)N(c1nc(COC(=O)c2cccc(NC(=O)OC(C)(C)C)c2)cs1)c1ccc(C)cc1C. The van der Waals surface area contributed by atoms with Gasteiger partial charge in [0.25, 0.3) is 0 Å². The summed E-state index contributed by atoms with van der Waals surface area (Å²) in [6.45, 7) is 10.7. The summed E-state index contributed by atoms with van der Waals surface area (Å²) in [7, 11) is 0. The van der Waals surface area contributed by atoms with Crippen molar-refractivity contribution in [1.29, 1.82) is 0 Å². The van der Waals surface area contributed by atoms with E-state index in [1.807, 2.05) is 32.0 Å². The Labute approximate surface area is 208 Å². The number of aryl methyl sites for hydroxylation is 2.